The van der Waals surface area contributed by atoms with E-state index < -0.39 is 0 Å². The minimum absolute atomic E-state index is 0. The maximum absolute atomic E-state index is 10.4. The van der Waals surface area contributed by atoms with E-state index in [0.717, 1.165) is 64.6 Å². The Balaban J connectivity index is -0.0000000819. The van der Waals surface area contributed by atoms with E-state index in [9.17, 15) is 20.4 Å². The monoisotopic (exact) mass is 540 g/mol. The van der Waals surface area contributed by atoms with Gasteiger partial charge in [-0.3, -0.25) is 0 Å². The van der Waals surface area contributed by atoms with Gasteiger partial charge in [-0.05, 0) is 12.8 Å². The van der Waals surface area contributed by atoms with E-state index in [0.29, 0.717) is 25.0 Å². The topological polar surface area (TPSA) is 111 Å². The zero-order chi connectivity index (χ0) is 26.7. The molecule has 0 heterocycles. The third-order valence-corrected chi connectivity index (χ3v) is 5.30. The molecule has 36 heavy (non-hydrogen) atoms. The Labute approximate surface area is 258 Å². The molecule has 0 saturated heterocycles. The molecule has 0 aliphatic carbocycles. The Kier molecular flexibility index (Phi) is 73.4. The average Bonchev–Trinajstić information content (AvgIpc) is 2.87. The van der Waals surface area contributed by atoms with Gasteiger partial charge in [0.25, 0.3) is 0 Å². The standard InChI is InChI=1S/2C8H17O.2C6H13O2.2Mg/c2*1-3-5-6-8(4-2)7-9;2*1-2-3-5-8-6-4-7;;/h2*8H,3-7H2,1-2H3;2*2-6H2,1H3;;/q4*-1;2*+2. The number of hydrogen-bond donors (Lipinski definition) is 0. The fourth-order valence-corrected chi connectivity index (χ4v) is 2.61. The molecule has 0 radical (unpaired) electrons. The maximum Gasteiger partial charge on any atom is 2.00 e. The smallest absolute Gasteiger partial charge is 0.854 e. The van der Waals surface area contributed by atoms with Gasteiger partial charge in [0.1, 0.15) is 0 Å². The molecule has 0 amide bonds. The summed E-state index contributed by atoms with van der Waals surface area (Å²) in [7, 11) is 0. The second kappa shape index (κ2) is 52.7. The Hall–Kier alpha value is 1.29. The molecule has 0 aromatic carbocycles. The first-order chi connectivity index (χ1) is 16.5. The van der Waals surface area contributed by atoms with Gasteiger partial charge in [0.05, 0.1) is 0 Å². The van der Waals surface area contributed by atoms with Gasteiger partial charge in [-0.15, -0.1) is 26.4 Å². The molecule has 0 fully saturated rings. The molecule has 0 saturated carbocycles. The molecular weight excluding hydrogens is 481 g/mol. The maximum atomic E-state index is 10.4. The van der Waals surface area contributed by atoms with Crippen LogP contribution in [0.1, 0.15) is 119 Å². The molecule has 0 aromatic rings. The normalized spacial score (nSPS) is 11.2. The van der Waals surface area contributed by atoms with Gasteiger partial charge in [-0.2, -0.15) is 0 Å². The first kappa shape index (κ1) is 50.2. The first-order valence-electron chi connectivity index (χ1n) is 14.0. The van der Waals surface area contributed by atoms with Crippen LogP contribution in [-0.2, 0) is 9.47 Å². The minimum atomic E-state index is -0.107. The molecule has 2 unspecified atom stereocenters. The summed E-state index contributed by atoms with van der Waals surface area (Å²) in [6, 6.07) is 0. The molecule has 8 heteroatoms. The molecule has 212 valence electrons. The summed E-state index contributed by atoms with van der Waals surface area (Å²) < 4.78 is 9.82. The number of unbranched alkanes of at least 4 members (excludes halogenated alkanes) is 4. The summed E-state index contributed by atoms with van der Waals surface area (Å²) in [5.41, 5.74) is 0. The number of hydrogen-bond acceptors (Lipinski definition) is 6. The third-order valence-electron chi connectivity index (χ3n) is 5.30. The van der Waals surface area contributed by atoms with Gasteiger partial charge in [0.15, 0.2) is 0 Å². The Morgan fingerprint density at radius 3 is 0.972 bits per heavy atom. The summed E-state index contributed by atoms with van der Waals surface area (Å²) in [5, 5.41) is 40.3. The average molecular weight is 541 g/mol. The summed E-state index contributed by atoms with van der Waals surface area (Å²) in [6.45, 7) is 15.0. The predicted molar refractivity (Wildman–Crippen MR) is 149 cm³/mol. The van der Waals surface area contributed by atoms with Crippen LogP contribution >= 0.6 is 0 Å². The van der Waals surface area contributed by atoms with E-state index in [1.807, 2.05) is 0 Å². The van der Waals surface area contributed by atoms with Crippen LogP contribution in [0.2, 0.25) is 0 Å². The summed E-state index contributed by atoms with van der Waals surface area (Å²) >= 11 is 0. The Morgan fingerprint density at radius 1 is 0.472 bits per heavy atom. The van der Waals surface area contributed by atoms with Crippen molar-refractivity contribution in [2.24, 2.45) is 11.8 Å². The molecular formula is C28H60Mg2O6. The van der Waals surface area contributed by atoms with Crippen molar-refractivity contribution in [3.05, 3.63) is 0 Å². The van der Waals surface area contributed by atoms with Gasteiger partial charge in [-0.25, -0.2) is 0 Å². The van der Waals surface area contributed by atoms with E-state index in [1.54, 1.807) is 0 Å². The second-order valence-corrected chi connectivity index (χ2v) is 8.51. The van der Waals surface area contributed by atoms with Gasteiger partial charge < -0.3 is 29.9 Å². The molecule has 0 rings (SSSR count). The molecule has 0 aliphatic rings. The van der Waals surface area contributed by atoms with Crippen molar-refractivity contribution in [3.8, 4) is 0 Å². The van der Waals surface area contributed by atoms with Crippen molar-refractivity contribution in [1.82, 2.24) is 0 Å². The van der Waals surface area contributed by atoms with E-state index in [4.69, 9.17) is 9.47 Å². The molecule has 0 N–H and O–H groups in total. The summed E-state index contributed by atoms with van der Waals surface area (Å²) in [5.74, 6) is 0.898. The van der Waals surface area contributed by atoms with Crippen LogP contribution in [0.3, 0.4) is 0 Å². The molecule has 0 aromatic heterocycles. The fourth-order valence-electron chi connectivity index (χ4n) is 2.61. The molecule has 0 aliphatic heterocycles. The third kappa shape index (κ3) is 55.7. The minimum Gasteiger partial charge on any atom is -0.854 e. The van der Waals surface area contributed by atoms with Crippen LogP contribution in [0, 0.1) is 11.8 Å². The number of ether oxygens (including phenoxy) is 2. The van der Waals surface area contributed by atoms with Gasteiger partial charge in [-0.1, -0.05) is 118 Å². The van der Waals surface area contributed by atoms with Crippen molar-refractivity contribution in [1.29, 1.82) is 0 Å². The SMILES string of the molecule is CCCCC(CC)C[O-].CCCCC(CC)C[O-].CCCCOCC[O-].CCCCOCC[O-].[Mg+2].[Mg+2]. The Bertz CT molecular complexity index is 255. The zero-order valence-electron chi connectivity index (χ0n) is 25.2. The first-order valence-corrected chi connectivity index (χ1v) is 14.0. The van der Waals surface area contributed by atoms with E-state index in [1.165, 1.54) is 25.7 Å². The predicted octanol–water partition coefficient (Wildman–Crippen LogP) is 2.69. The fraction of sp³-hybridized carbons (Fsp3) is 1.00. The van der Waals surface area contributed by atoms with Crippen LogP contribution in [-0.4, -0.2) is 99.0 Å². The van der Waals surface area contributed by atoms with E-state index in [2.05, 4.69) is 41.5 Å². The molecule has 0 bridgehead atoms. The van der Waals surface area contributed by atoms with Gasteiger partial charge >= 0.3 is 46.1 Å². The van der Waals surface area contributed by atoms with Crippen molar-refractivity contribution in [2.45, 2.75) is 119 Å². The number of rotatable bonds is 20. The largest absolute Gasteiger partial charge is 2.00 e. The Morgan fingerprint density at radius 2 is 0.778 bits per heavy atom. The van der Waals surface area contributed by atoms with Crippen molar-refractivity contribution >= 4 is 46.1 Å². The molecule has 0 spiro atoms. The van der Waals surface area contributed by atoms with Crippen LogP contribution in [0.25, 0.3) is 0 Å². The van der Waals surface area contributed by atoms with E-state index in [-0.39, 0.29) is 72.5 Å². The zero-order valence-corrected chi connectivity index (χ0v) is 28.0. The van der Waals surface area contributed by atoms with Gasteiger partial charge in [0.2, 0.25) is 0 Å². The second-order valence-electron chi connectivity index (χ2n) is 8.51. The summed E-state index contributed by atoms with van der Waals surface area (Å²) in [4.78, 5) is 0. The summed E-state index contributed by atoms with van der Waals surface area (Å²) in [6.07, 6.45) is 13.7. The molecule has 2 atom stereocenters. The van der Waals surface area contributed by atoms with Crippen LogP contribution in [0.5, 0.6) is 0 Å². The van der Waals surface area contributed by atoms with Gasteiger partial charge in [0, 0.05) is 26.4 Å². The van der Waals surface area contributed by atoms with Crippen molar-refractivity contribution in [2.75, 3.05) is 52.9 Å². The molecule has 6 nitrogen and oxygen atoms in total. The van der Waals surface area contributed by atoms with Crippen LogP contribution in [0.4, 0.5) is 0 Å². The quantitative estimate of drug-likeness (QED) is 0.173. The van der Waals surface area contributed by atoms with Crippen LogP contribution in [0.15, 0.2) is 0 Å². The van der Waals surface area contributed by atoms with Crippen molar-refractivity contribution < 1.29 is 29.9 Å². The van der Waals surface area contributed by atoms with Crippen LogP contribution < -0.4 is 20.4 Å². The van der Waals surface area contributed by atoms with Crippen molar-refractivity contribution in [3.63, 3.8) is 0 Å². The van der Waals surface area contributed by atoms with E-state index >= 15 is 0 Å².